The molecule has 2 atom stereocenters. The lowest BCUT2D eigenvalue weighted by Gasteiger charge is -2.49. The van der Waals surface area contributed by atoms with Crippen molar-refractivity contribution in [2.75, 3.05) is 18.6 Å². The molecule has 5 rings (SSSR count). The highest BCUT2D eigenvalue weighted by Gasteiger charge is 2.54. The van der Waals surface area contributed by atoms with Crippen LogP contribution in [0.3, 0.4) is 0 Å². The summed E-state index contributed by atoms with van der Waals surface area (Å²) in [5.74, 6) is -1.95. The van der Waals surface area contributed by atoms with E-state index in [0.29, 0.717) is 17.9 Å². The van der Waals surface area contributed by atoms with Crippen LogP contribution in [0.5, 0.6) is 0 Å². The van der Waals surface area contributed by atoms with Crippen LogP contribution in [0.25, 0.3) is 10.1 Å². The van der Waals surface area contributed by atoms with Gasteiger partial charge in [0.05, 0.1) is 5.39 Å². The second kappa shape index (κ2) is 9.28. The summed E-state index contributed by atoms with van der Waals surface area (Å²) in [6.45, 7) is 0.337. The molecule has 14 heteroatoms. The Hall–Kier alpha value is -3.49. The number of aromatic nitrogens is 2. The van der Waals surface area contributed by atoms with Crippen molar-refractivity contribution >= 4 is 73.1 Å². The molecule has 0 saturated carbocycles. The van der Waals surface area contributed by atoms with Crippen LogP contribution in [0.1, 0.15) is 5.69 Å². The zero-order valence-corrected chi connectivity index (χ0v) is 20.7. The first-order valence-corrected chi connectivity index (χ1v) is 13.1. The molecule has 2 aliphatic rings. The average Bonchev–Trinajstić information content (AvgIpc) is 3.48. The molecule has 2 amide bonds. The smallest absolute Gasteiger partial charge is 0.352 e. The molecular weight excluding hydrogens is 512 g/mol. The van der Waals surface area contributed by atoms with Crippen LogP contribution in [0.2, 0.25) is 0 Å². The number of fused-ring (bicyclic) bond motifs is 2. The normalized spacial score (nSPS) is 20.0. The Morgan fingerprint density at radius 1 is 1.40 bits per heavy atom. The van der Waals surface area contributed by atoms with Crippen molar-refractivity contribution in [1.82, 2.24) is 15.2 Å². The van der Waals surface area contributed by atoms with Crippen molar-refractivity contribution in [2.45, 2.75) is 18.0 Å². The Morgan fingerprint density at radius 3 is 2.94 bits per heavy atom. The summed E-state index contributed by atoms with van der Waals surface area (Å²) in [4.78, 5) is 48.1. The number of nitrogens with zero attached hydrogens (tertiary/aromatic N) is 4. The van der Waals surface area contributed by atoms with E-state index >= 15 is 0 Å². The number of thioether (sulfide) groups is 1. The molecular formula is C21H19N6O5S3+. The molecule has 1 saturated heterocycles. The fourth-order valence-corrected chi connectivity index (χ4v) is 6.62. The van der Waals surface area contributed by atoms with E-state index < -0.39 is 29.2 Å². The fourth-order valence-electron chi connectivity index (χ4n) is 3.98. The van der Waals surface area contributed by atoms with Crippen LogP contribution >= 0.6 is 34.4 Å². The number of carbonyl (C=O) groups excluding carboxylic acids is 2. The molecule has 0 aromatic carbocycles. The van der Waals surface area contributed by atoms with Crippen LogP contribution in [0.15, 0.2) is 51.7 Å². The number of pyridine rings is 1. The Balaban J connectivity index is 1.36. The number of β-lactam (4-membered cyclic amide) rings is 1. The lowest BCUT2D eigenvalue weighted by Crippen LogP contribution is -2.71. The van der Waals surface area contributed by atoms with Gasteiger partial charge in [-0.3, -0.25) is 14.5 Å². The number of nitrogens with two attached hydrogens (primary N) is 1. The number of hydrogen-bond donors (Lipinski definition) is 3. The largest absolute Gasteiger partial charge is 0.477 e. The third-order valence-electron chi connectivity index (χ3n) is 5.52. The minimum atomic E-state index is -1.18. The SMILES string of the molecule is CON=C(C(=O)NC1C(=O)N2C(C(=O)O)=C(C[n+]3ccc4sccc4c3)CS[C@H]12)c1csc(N)n1. The number of anilines is 1. The number of aliphatic carboxylic acids is 1. The van der Waals surface area contributed by atoms with Gasteiger partial charge in [-0.2, -0.15) is 0 Å². The van der Waals surface area contributed by atoms with E-state index in [1.807, 2.05) is 34.5 Å². The molecule has 180 valence electrons. The van der Waals surface area contributed by atoms with Gasteiger partial charge in [0.2, 0.25) is 0 Å². The summed E-state index contributed by atoms with van der Waals surface area (Å²) < 4.78 is 3.05. The number of thiophene rings is 1. The Labute approximate surface area is 210 Å². The first-order chi connectivity index (χ1) is 16.9. The Bertz CT molecular complexity index is 1410. The predicted molar refractivity (Wildman–Crippen MR) is 132 cm³/mol. The zero-order chi connectivity index (χ0) is 24.7. The molecule has 0 bridgehead atoms. The summed E-state index contributed by atoms with van der Waals surface area (Å²) in [5, 5.41) is 20.6. The lowest BCUT2D eigenvalue weighted by molar-refractivity contribution is -0.687. The van der Waals surface area contributed by atoms with E-state index in [1.165, 1.54) is 23.8 Å². The van der Waals surface area contributed by atoms with Gasteiger partial charge >= 0.3 is 5.97 Å². The van der Waals surface area contributed by atoms with Crippen molar-refractivity contribution in [3.05, 3.63) is 52.3 Å². The number of rotatable bonds is 7. The predicted octanol–water partition coefficient (Wildman–Crippen LogP) is 1.02. The topological polar surface area (TPSA) is 151 Å². The van der Waals surface area contributed by atoms with Crippen LogP contribution in [0, 0.1) is 0 Å². The highest BCUT2D eigenvalue weighted by molar-refractivity contribution is 8.00. The van der Waals surface area contributed by atoms with Gasteiger partial charge in [-0.25, -0.2) is 14.3 Å². The van der Waals surface area contributed by atoms with Gasteiger partial charge < -0.3 is 21.0 Å². The number of nitrogens with one attached hydrogen (secondary N) is 1. The van der Waals surface area contributed by atoms with E-state index in [9.17, 15) is 19.5 Å². The molecule has 0 aliphatic carbocycles. The summed E-state index contributed by atoms with van der Waals surface area (Å²) in [6.07, 6.45) is 3.85. The van der Waals surface area contributed by atoms with E-state index in [-0.39, 0.29) is 22.2 Å². The first kappa shape index (κ1) is 23.3. The van der Waals surface area contributed by atoms with Gasteiger partial charge in [-0.15, -0.1) is 34.4 Å². The maximum atomic E-state index is 13.0. The molecule has 3 aromatic rings. The lowest BCUT2D eigenvalue weighted by atomic mass is 10.0. The van der Waals surface area contributed by atoms with Crippen molar-refractivity contribution in [1.29, 1.82) is 0 Å². The number of nitrogen functional groups attached to an aromatic ring is 1. The van der Waals surface area contributed by atoms with Crippen LogP contribution < -0.4 is 15.6 Å². The molecule has 1 fully saturated rings. The quantitative estimate of drug-likeness (QED) is 0.177. The van der Waals surface area contributed by atoms with E-state index in [1.54, 1.807) is 16.7 Å². The summed E-state index contributed by atoms with van der Waals surface area (Å²) in [7, 11) is 1.29. The van der Waals surface area contributed by atoms with Crippen molar-refractivity contribution < 1.29 is 28.9 Å². The van der Waals surface area contributed by atoms with Crippen molar-refractivity contribution in [3.8, 4) is 0 Å². The molecule has 4 N–H and O–H groups in total. The molecule has 35 heavy (non-hydrogen) atoms. The highest BCUT2D eigenvalue weighted by Crippen LogP contribution is 2.40. The standard InChI is InChI=1S/C21H18N6O5S3/c1-32-25-14(12-9-35-21(22)23-12)17(28)24-15-18(29)27-16(20(30)31)11(8-34-19(15)27)7-26-4-2-13-10(6-26)3-5-33-13/h2-6,9,15,19H,7-8H2,1H3,(H3-,22,23,24,28,30,31)/p+1/t15?,19-/m1/s1. The monoisotopic (exact) mass is 531 g/mol. The number of oxime groups is 1. The maximum Gasteiger partial charge on any atom is 0.352 e. The van der Waals surface area contributed by atoms with Crippen LogP contribution in [-0.4, -0.2) is 62.8 Å². The number of thiazole rings is 1. The van der Waals surface area contributed by atoms with Gasteiger partial charge in [-0.05, 0) is 11.4 Å². The Kier molecular flexibility index (Phi) is 6.17. The highest BCUT2D eigenvalue weighted by atomic mass is 32.2. The molecule has 3 aromatic heterocycles. The third-order valence-corrected chi connectivity index (χ3v) is 8.43. The molecule has 5 heterocycles. The fraction of sp³-hybridized carbons (Fsp3) is 0.238. The maximum absolute atomic E-state index is 13.0. The van der Waals surface area contributed by atoms with Crippen molar-refractivity contribution in [3.63, 3.8) is 0 Å². The van der Waals surface area contributed by atoms with Gasteiger partial charge in [0.25, 0.3) is 11.8 Å². The van der Waals surface area contributed by atoms with E-state index in [2.05, 4.69) is 15.5 Å². The minimum Gasteiger partial charge on any atom is -0.477 e. The van der Waals surface area contributed by atoms with Crippen molar-refractivity contribution in [2.24, 2.45) is 5.16 Å². The van der Waals surface area contributed by atoms with Crippen LogP contribution in [-0.2, 0) is 25.8 Å². The minimum absolute atomic E-state index is 0.0415. The molecule has 0 spiro atoms. The number of hydrogen-bond acceptors (Lipinski definition) is 10. The van der Waals surface area contributed by atoms with Gasteiger partial charge in [0.15, 0.2) is 29.8 Å². The van der Waals surface area contributed by atoms with Crippen LogP contribution in [0.4, 0.5) is 5.13 Å². The van der Waals surface area contributed by atoms with E-state index in [4.69, 9.17) is 10.6 Å². The number of carbonyl (C=O) groups is 3. The molecule has 0 radical (unpaired) electrons. The van der Waals surface area contributed by atoms with Gasteiger partial charge in [0, 0.05) is 27.5 Å². The first-order valence-electron chi connectivity index (χ1n) is 10.3. The van der Waals surface area contributed by atoms with E-state index in [0.717, 1.165) is 21.4 Å². The third kappa shape index (κ3) is 4.24. The number of amides is 2. The Morgan fingerprint density at radius 2 is 2.23 bits per heavy atom. The molecule has 11 nitrogen and oxygen atoms in total. The molecule has 2 aliphatic heterocycles. The zero-order valence-electron chi connectivity index (χ0n) is 18.2. The summed E-state index contributed by atoms with van der Waals surface area (Å²) in [6, 6.07) is 3.08. The second-order valence-electron chi connectivity index (χ2n) is 7.67. The van der Waals surface area contributed by atoms with Gasteiger partial charge in [-0.1, -0.05) is 5.16 Å². The second-order valence-corrected chi connectivity index (χ2v) is 10.6. The average molecular weight is 532 g/mol. The number of carboxylic acid groups (broad SMARTS) is 1. The van der Waals surface area contributed by atoms with Gasteiger partial charge in [0.1, 0.15) is 29.9 Å². The summed E-state index contributed by atoms with van der Waals surface area (Å²) in [5.41, 5.74) is 6.33. The molecule has 1 unspecified atom stereocenters. The summed E-state index contributed by atoms with van der Waals surface area (Å²) >= 11 is 4.17. The number of carboxylic acids is 1.